The lowest BCUT2D eigenvalue weighted by Gasteiger charge is -2.24. The van der Waals surface area contributed by atoms with Crippen molar-refractivity contribution in [3.05, 3.63) is 48.0 Å². The summed E-state index contributed by atoms with van der Waals surface area (Å²) in [5, 5.41) is 0. The van der Waals surface area contributed by atoms with Crippen molar-refractivity contribution < 1.29 is 4.79 Å². The highest BCUT2D eigenvalue weighted by atomic mass is 16.1. The summed E-state index contributed by atoms with van der Waals surface area (Å²) in [6.07, 6.45) is 4.39. The third-order valence-corrected chi connectivity index (χ3v) is 4.53. The molecule has 102 valence electrons. The molecule has 1 nitrogen and oxygen atoms in total. The lowest BCUT2D eigenvalue weighted by Crippen LogP contribution is -2.21. The van der Waals surface area contributed by atoms with Crippen LogP contribution in [-0.2, 0) is 11.2 Å². The van der Waals surface area contributed by atoms with Crippen LogP contribution in [0.1, 0.15) is 38.7 Å². The molecule has 1 aliphatic carbocycles. The Morgan fingerprint density at radius 1 is 1.26 bits per heavy atom. The average molecular weight is 256 g/mol. The third kappa shape index (κ3) is 3.34. The van der Waals surface area contributed by atoms with Gasteiger partial charge in [-0.1, -0.05) is 55.8 Å². The molecule has 0 spiro atoms. The van der Waals surface area contributed by atoms with E-state index in [-0.39, 0.29) is 5.92 Å². The number of ketones is 1. The fraction of sp³-hybridized carbons (Fsp3) is 0.500. The minimum Gasteiger partial charge on any atom is -0.300 e. The maximum atomic E-state index is 11.7. The van der Waals surface area contributed by atoms with Gasteiger partial charge in [-0.2, -0.15) is 0 Å². The van der Waals surface area contributed by atoms with Crippen LogP contribution < -0.4 is 0 Å². The first-order valence-electron chi connectivity index (χ1n) is 7.32. The van der Waals surface area contributed by atoms with Gasteiger partial charge >= 0.3 is 0 Å². The van der Waals surface area contributed by atoms with Gasteiger partial charge in [0.15, 0.2) is 0 Å². The summed E-state index contributed by atoms with van der Waals surface area (Å²) in [5.74, 6) is 1.44. The molecule has 0 heterocycles. The molecule has 1 aromatic rings. The van der Waals surface area contributed by atoms with E-state index in [0.29, 0.717) is 17.6 Å². The Bertz CT molecular complexity index is 446. The molecule has 19 heavy (non-hydrogen) atoms. The Morgan fingerprint density at radius 2 is 1.89 bits per heavy atom. The summed E-state index contributed by atoms with van der Waals surface area (Å²) in [6, 6.07) is 10.5. The van der Waals surface area contributed by atoms with E-state index in [1.165, 1.54) is 17.6 Å². The molecule has 0 radical (unpaired) electrons. The van der Waals surface area contributed by atoms with E-state index in [4.69, 9.17) is 0 Å². The Labute approximate surface area is 116 Å². The number of carbonyl (C=O) groups excluding carboxylic acids is 1. The SMILES string of the molecule is C=C(C(C)Cc1ccccc1)C1CCCC1C(C)=O. The van der Waals surface area contributed by atoms with E-state index in [9.17, 15) is 4.79 Å². The van der Waals surface area contributed by atoms with E-state index < -0.39 is 0 Å². The number of benzene rings is 1. The van der Waals surface area contributed by atoms with Crippen LogP contribution in [0.25, 0.3) is 0 Å². The van der Waals surface area contributed by atoms with Crippen molar-refractivity contribution in [2.45, 2.75) is 39.5 Å². The Morgan fingerprint density at radius 3 is 2.53 bits per heavy atom. The van der Waals surface area contributed by atoms with Gasteiger partial charge in [0.05, 0.1) is 0 Å². The van der Waals surface area contributed by atoms with Gasteiger partial charge in [0, 0.05) is 5.92 Å². The lowest BCUT2D eigenvalue weighted by atomic mass is 9.79. The van der Waals surface area contributed by atoms with Gasteiger partial charge in [0.2, 0.25) is 0 Å². The van der Waals surface area contributed by atoms with Crippen LogP contribution in [0.3, 0.4) is 0 Å². The highest BCUT2D eigenvalue weighted by Gasteiger charge is 2.33. The van der Waals surface area contributed by atoms with Gasteiger partial charge in [0.25, 0.3) is 0 Å². The van der Waals surface area contributed by atoms with Gasteiger partial charge < -0.3 is 0 Å². The molecular formula is C18H24O. The number of Topliss-reactive ketones (excluding diaryl/α,β-unsaturated/α-hetero) is 1. The van der Waals surface area contributed by atoms with Gasteiger partial charge in [-0.3, -0.25) is 4.79 Å². The van der Waals surface area contributed by atoms with E-state index in [0.717, 1.165) is 19.3 Å². The fourth-order valence-electron chi connectivity index (χ4n) is 3.35. The van der Waals surface area contributed by atoms with Crippen LogP contribution >= 0.6 is 0 Å². The number of hydrogen-bond acceptors (Lipinski definition) is 1. The van der Waals surface area contributed by atoms with Crippen LogP contribution in [0.15, 0.2) is 42.5 Å². The van der Waals surface area contributed by atoms with Crippen LogP contribution in [0.5, 0.6) is 0 Å². The quantitative estimate of drug-likeness (QED) is 0.712. The Hall–Kier alpha value is -1.37. The zero-order valence-corrected chi connectivity index (χ0v) is 12.1. The number of hydrogen-bond donors (Lipinski definition) is 0. The number of carbonyl (C=O) groups is 1. The second-order valence-corrected chi connectivity index (χ2v) is 5.92. The molecule has 0 amide bonds. The van der Waals surface area contributed by atoms with Crippen molar-refractivity contribution in [2.75, 3.05) is 0 Å². The molecule has 1 aliphatic rings. The molecular weight excluding hydrogens is 232 g/mol. The molecule has 1 aromatic carbocycles. The van der Waals surface area contributed by atoms with Crippen molar-refractivity contribution in [3.63, 3.8) is 0 Å². The molecule has 0 N–H and O–H groups in total. The minimum atomic E-state index is 0.228. The van der Waals surface area contributed by atoms with Crippen molar-refractivity contribution in [3.8, 4) is 0 Å². The van der Waals surface area contributed by atoms with Crippen molar-refractivity contribution in [1.29, 1.82) is 0 Å². The predicted octanol–water partition coefficient (Wildman–Crippen LogP) is 4.43. The summed E-state index contributed by atoms with van der Waals surface area (Å²) in [7, 11) is 0. The third-order valence-electron chi connectivity index (χ3n) is 4.53. The molecule has 1 fully saturated rings. The first-order valence-corrected chi connectivity index (χ1v) is 7.32. The van der Waals surface area contributed by atoms with Crippen molar-refractivity contribution in [2.24, 2.45) is 17.8 Å². The highest BCUT2D eigenvalue weighted by Crippen LogP contribution is 2.40. The normalized spacial score (nSPS) is 24.1. The van der Waals surface area contributed by atoms with E-state index in [1.54, 1.807) is 6.92 Å². The molecule has 3 atom stereocenters. The largest absolute Gasteiger partial charge is 0.300 e. The van der Waals surface area contributed by atoms with Gasteiger partial charge in [-0.05, 0) is 43.6 Å². The molecule has 1 saturated carbocycles. The summed E-state index contributed by atoms with van der Waals surface area (Å²) >= 11 is 0. The molecule has 0 saturated heterocycles. The number of rotatable bonds is 5. The first-order chi connectivity index (χ1) is 9.09. The Kier molecular flexibility index (Phi) is 4.57. The fourth-order valence-corrected chi connectivity index (χ4v) is 3.35. The van der Waals surface area contributed by atoms with Gasteiger partial charge in [-0.15, -0.1) is 0 Å². The Balaban J connectivity index is 2.01. The van der Waals surface area contributed by atoms with Crippen molar-refractivity contribution >= 4 is 5.78 Å². The van der Waals surface area contributed by atoms with E-state index >= 15 is 0 Å². The predicted molar refractivity (Wildman–Crippen MR) is 80.0 cm³/mol. The van der Waals surface area contributed by atoms with Crippen LogP contribution in [-0.4, -0.2) is 5.78 Å². The van der Waals surface area contributed by atoms with Crippen LogP contribution in [0.2, 0.25) is 0 Å². The molecule has 0 aromatic heterocycles. The summed E-state index contributed by atoms with van der Waals surface area (Å²) in [4.78, 5) is 11.7. The van der Waals surface area contributed by atoms with Crippen LogP contribution in [0.4, 0.5) is 0 Å². The first kappa shape index (κ1) is 14.0. The second kappa shape index (κ2) is 6.18. The van der Waals surface area contributed by atoms with Gasteiger partial charge in [0.1, 0.15) is 5.78 Å². The monoisotopic (exact) mass is 256 g/mol. The zero-order valence-electron chi connectivity index (χ0n) is 12.1. The molecule has 2 rings (SSSR count). The molecule has 1 heteroatoms. The topological polar surface area (TPSA) is 17.1 Å². The minimum absolute atomic E-state index is 0.228. The molecule has 0 aliphatic heterocycles. The summed E-state index contributed by atoms with van der Waals surface area (Å²) < 4.78 is 0. The highest BCUT2D eigenvalue weighted by molar-refractivity contribution is 5.79. The maximum absolute atomic E-state index is 11.7. The smallest absolute Gasteiger partial charge is 0.133 e. The van der Waals surface area contributed by atoms with E-state index in [2.05, 4.69) is 37.8 Å². The standard InChI is InChI=1S/C18H24O/c1-13(12-16-8-5-4-6-9-16)14(2)17-10-7-11-18(17)15(3)19/h4-6,8-9,13,17-18H,2,7,10-12H2,1,3H3. The maximum Gasteiger partial charge on any atom is 0.133 e. The molecule has 0 bridgehead atoms. The van der Waals surface area contributed by atoms with Gasteiger partial charge in [-0.25, -0.2) is 0 Å². The summed E-state index contributed by atoms with van der Waals surface area (Å²) in [6.45, 7) is 8.29. The summed E-state index contributed by atoms with van der Waals surface area (Å²) in [5.41, 5.74) is 2.63. The number of allylic oxidation sites excluding steroid dienone is 1. The zero-order chi connectivity index (χ0) is 13.8. The average Bonchev–Trinajstić information content (AvgIpc) is 2.88. The second-order valence-electron chi connectivity index (χ2n) is 5.92. The lowest BCUT2D eigenvalue weighted by molar-refractivity contribution is -0.121. The van der Waals surface area contributed by atoms with E-state index in [1.807, 2.05) is 6.07 Å². The van der Waals surface area contributed by atoms with Crippen molar-refractivity contribution in [1.82, 2.24) is 0 Å². The molecule has 3 unspecified atom stereocenters. The van der Waals surface area contributed by atoms with Crippen LogP contribution in [0, 0.1) is 17.8 Å².